The molecule has 10 atom stereocenters. The molecule has 0 amide bonds. The Labute approximate surface area is 246 Å². The summed E-state index contributed by atoms with van der Waals surface area (Å²) >= 11 is 5.33. The van der Waals surface area contributed by atoms with E-state index in [0.29, 0.717) is 10.7 Å². The topological polar surface area (TPSA) is 0 Å². The molecule has 3 heteroatoms. The average molecular weight is 704 g/mol. The van der Waals surface area contributed by atoms with E-state index in [2.05, 4.69) is 40.5 Å². The van der Waals surface area contributed by atoms with E-state index in [9.17, 15) is 0 Å². The van der Waals surface area contributed by atoms with Crippen molar-refractivity contribution in [3.05, 3.63) is 12.8 Å². The molecule has 1 spiro atoms. The van der Waals surface area contributed by atoms with Crippen LogP contribution >= 0.6 is 12.6 Å². The second kappa shape index (κ2) is 12.1. The van der Waals surface area contributed by atoms with Crippen LogP contribution in [0.2, 0.25) is 0 Å². The Hall–Kier alpha value is 2.14. The normalized spacial score (nSPS) is 48.0. The van der Waals surface area contributed by atoms with Gasteiger partial charge in [0.15, 0.2) is 0 Å². The van der Waals surface area contributed by atoms with Gasteiger partial charge in [-0.3, -0.25) is 0 Å². The largest absolute Gasteiger partial charge is 0.328 e. The summed E-state index contributed by atoms with van der Waals surface area (Å²) in [6, 6.07) is 0. The third-order valence-corrected chi connectivity index (χ3v) is 11.3. The van der Waals surface area contributed by atoms with Crippen molar-refractivity contribution in [2.75, 3.05) is 0 Å². The van der Waals surface area contributed by atoms with Gasteiger partial charge in [-0.25, -0.2) is 12.8 Å². The summed E-state index contributed by atoms with van der Waals surface area (Å²) in [5.41, 5.74) is 1.37. The van der Waals surface area contributed by atoms with Crippen LogP contribution in [0, 0.1) is 71.0 Å². The molecule has 0 N–H and O–H groups in total. The van der Waals surface area contributed by atoms with Crippen molar-refractivity contribution >= 4 is 12.6 Å². The van der Waals surface area contributed by atoms with Crippen LogP contribution < -0.4 is 0 Å². The molecule has 0 saturated heterocycles. The smallest absolute Gasteiger partial charge is 0.00536 e. The van der Waals surface area contributed by atoms with Crippen molar-refractivity contribution < 1.29 is 53.8 Å². The molecule has 0 aromatic heterocycles. The first-order valence-electron chi connectivity index (χ1n) is 13.7. The Morgan fingerprint density at radius 3 is 2.38 bits per heavy atom. The van der Waals surface area contributed by atoms with Crippen LogP contribution in [0.25, 0.3) is 0 Å². The zero-order valence-electron chi connectivity index (χ0n) is 21.9. The molecule has 0 aromatic carbocycles. The summed E-state index contributed by atoms with van der Waals surface area (Å²) in [5.74, 6) is 7.57. The number of hydrogen-bond donors (Lipinski definition) is 1. The fraction of sp³-hybridized carbons (Fsp3) is 0.931. The maximum Gasteiger partial charge on any atom is 0.00536 e. The summed E-state index contributed by atoms with van der Waals surface area (Å²) in [7, 11) is 0. The van der Waals surface area contributed by atoms with Crippen LogP contribution in [0.15, 0.2) is 0 Å². The van der Waals surface area contributed by atoms with Crippen LogP contribution in [0.5, 0.6) is 0 Å². The van der Waals surface area contributed by atoms with E-state index in [1.165, 1.54) is 51.4 Å². The van der Waals surface area contributed by atoms with Crippen molar-refractivity contribution in [3.8, 4) is 0 Å². The summed E-state index contributed by atoms with van der Waals surface area (Å²) in [5, 5.41) is 0.685. The van der Waals surface area contributed by atoms with E-state index in [1.54, 1.807) is 12.8 Å². The van der Waals surface area contributed by atoms with Gasteiger partial charge in [0, 0.05) is 59.0 Å². The first-order valence-corrected chi connectivity index (χ1v) is 14.2. The monoisotopic (exact) mass is 703 g/mol. The summed E-state index contributed by atoms with van der Waals surface area (Å²) in [6.07, 6.45) is 19.9. The molecule has 10 unspecified atom stereocenters. The van der Waals surface area contributed by atoms with E-state index < -0.39 is 0 Å². The van der Waals surface area contributed by atoms with E-state index >= 15 is 0 Å². The second-order valence-electron chi connectivity index (χ2n) is 12.4. The molecule has 5 aliphatic rings. The average Bonchev–Trinajstić information content (AvgIpc) is 3.34. The standard InChI is InChI=1S/C27H44S.C2H6.W.Y/c1-17(2)7-5-6-8-19-9-10-22-25-23(14-21-16-27(19,21)22)26(4)12-11-18(3)13-20(26)15-24(25)28;1-2;;/h7-8,17-25,28H,5-6,9-16H2,1-4H3;1-2H3;;/q-2;;;. The van der Waals surface area contributed by atoms with E-state index in [-0.39, 0.29) is 53.8 Å². The van der Waals surface area contributed by atoms with E-state index in [1.807, 2.05) is 13.8 Å². The number of rotatable bonds is 5. The summed E-state index contributed by atoms with van der Waals surface area (Å²) in [4.78, 5) is 0. The number of unbranched alkanes of at least 4 members (excludes halogenated alkanes) is 1. The zero-order valence-corrected chi connectivity index (χ0v) is 28.5. The molecule has 0 aliphatic heterocycles. The Balaban J connectivity index is 0.000000884. The van der Waals surface area contributed by atoms with Crippen molar-refractivity contribution in [1.82, 2.24) is 0 Å². The van der Waals surface area contributed by atoms with Crippen molar-refractivity contribution in [1.29, 1.82) is 0 Å². The van der Waals surface area contributed by atoms with Gasteiger partial charge in [-0.2, -0.15) is 24.5 Å². The zero-order chi connectivity index (χ0) is 21.7. The first kappa shape index (κ1) is 30.4. The number of hydrogen-bond acceptors (Lipinski definition) is 1. The molecule has 5 saturated carbocycles. The van der Waals surface area contributed by atoms with Gasteiger partial charge in [0.1, 0.15) is 0 Å². The van der Waals surface area contributed by atoms with Crippen LogP contribution in [-0.2, 0) is 53.8 Å². The molecular weight excluding hydrogens is 653 g/mol. The van der Waals surface area contributed by atoms with Crippen molar-refractivity contribution in [3.63, 3.8) is 0 Å². The van der Waals surface area contributed by atoms with Gasteiger partial charge >= 0.3 is 0 Å². The Morgan fingerprint density at radius 1 is 0.969 bits per heavy atom. The third kappa shape index (κ3) is 5.24. The maximum absolute atomic E-state index is 5.33. The first-order chi connectivity index (χ1) is 14.4. The van der Waals surface area contributed by atoms with Gasteiger partial charge in [-0.15, -0.1) is 0 Å². The van der Waals surface area contributed by atoms with Gasteiger partial charge in [0.25, 0.3) is 0 Å². The van der Waals surface area contributed by atoms with Crippen LogP contribution in [-0.4, -0.2) is 5.25 Å². The van der Waals surface area contributed by atoms with E-state index in [4.69, 9.17) is 12.6 Å². The quantitative estimate of drug-likeness (QED) is 0.166. The molecule has 5 rings (SSSR count). The van der Waals surface area contributed by atoms with Crippen molar-refractivity contribution in [2.24, 2.45) is 58.2 Å². The van der Waals surface area contributed by atoms with Crippen molar-refractivity contribution in [2.45, 2.75) is 111 Å². The summed E-state index contributed by atoms with van der Waals surface area (Å²) < 4.78 is 0. The Bertz CT molecular complexity index is 596. The van der Waals surface area contributed by atoms with Gasteiger partial charge in [-0.1, -0.05) is 60.8 Å². The predicted octanol–water partition coefficient (Wildman–Crippen LogP) is 8.67. The minimum Gasteiger partial charge on any atom is -0.328 e. The Kier molecular flexibility index (Phi) is 11.5. The number of fused-ring (bicyclic) bond motifs is 4. The summed E-state index contributed by atoms with van der Waals surface area (Å²) in [6.45, 7) is 13.9. The minimum atomic E-state index is 0. The maximum atomic E-state index is 5.33. The molecule has 0 heterocycles. The SMILES string of the molecule is CC.CC(C)[CH-]CC[CH-]C1CCC2C3C(S)CC4CC(C)CCC4(C)C3CC3CC132.[W].[Y]. The number of thiol groups is 1. The predicted molar refractivity (Wildman–Crippen MR) is 134 cm³/mol. The Morgan fingerprint density at radius 2 is 1.69 bits per heavy atom. The minimum absolute atomic E-state index is 0. The molecule has 0 nitrogen and oxygen atoms in total. The van der Waals surface area contributed by atoms with E-state index in [0.717, 1.165) is 52.8 Å². The molecule has 32 heavy (non-hydrogen) atoms. The van der Waals surface area contributed by atoms with Gasteiger partial charge in [0.05, 0.1) is 0 Å². The van der Waals surface area contributed by atoms with Gasteiger partial charge in [0.2, 0.25) is 0 Å². The fourth-order valence-electron chi connectivity index (χ4n) is 9.29. The molecular formula is C29H50SWY-2. The molecule has 5 aliphatic carbocycles. The fourth-order valence-corrected chi connectivity index (χ4v) is 9.96. The van der Waals surface area contributed by atoms with Gasteiger partial charge < -0.3 is 12.8 Å². The second-order valence-corrected chi connectivity index (χ2v) is 13.1. The molecule has 0 aromatic rings. The van der Waals surface area contributed by atoms with Crippen LogP contribution in [0.3, 0.4) is 0 Å². The molecule has 183 valence electrons. The third-order valence-electron chi connectivity index (χ3n) is 10.7. The molecule has 0 bridgehead atoms. The molecule has 5 fully saturated rings. The molecule has 1 radical (unpaired) electrons. The van der Waals surface area contributed by atoms with Gasteiger partial charge in [-0.05, 0) is 78.4 Å². The van der Waals surface area contributed by atoms with Crippen LogP contribution in [0.1, 0.15) is 106 Å². The van der Waals surface area contributed by atoms with Crippen LogP contribution in [0.4, 0.5) is 0 Å².